The Morgan fingerprint density at radius 2 is 1.88 bits per heavy atom. The van der Waals surface area contributed by atoms with Gasteiger partial charge < -0.3 is 4.74 Å². The molecule has 0 bridgehead atoms. The summed E-state index contributed by atoms with van der Waals surface area (Å²) < 4.78 is 41.8. The number of ether oxygens (including phenoxy) is 1. The van der Waals surface area contributed by atoms with Crippen LogP contribution in [0, 0.1) is 5.41 Å². The molecule has 0 fully saturated rings. The molecule has 94 valence electrons. The third kappa shape index (κ3) is 5.19. The van der Waals surface area contributed by atoms with E-state index in [0.717, 1.165) is 0 Å². The summed E-state index contributed by atoms with van der Waals surface area (Å²) in [7, 11) is 0. The fourth-order valence-corrected chi connectivity index (χ4v) is 1.62. The number of carbonyl (C=O) groups is 1. The molecule has 1 unspecified atom stereocenters. The van der Waals surface area contributed by atoms with Crippen LogP contribution in [0.15, 0.2) is 12.2 Å². The summed E-state index contributed by atoms with van der Waals surface area (Å²) in [4.78, 5) is 11.5. The maximum atomic E-state index is 12.4. The molecule has 5 heteroatoms. The Balaban J connectivity index is 4.87. The summed E-state index contributed by atoms with van der Waals surface area (Å²) >= 11 is 0. The Morgan fingerprint density at radius 1 is 1.38 bits per heavy atom. The van der Waals surface area contributed by atoms with Crippen LogP contribution in [0.3, 0.4) is 0 Å². The average molecular weight is 238 g/mol. The van der Waals surface area contributed by atoms with E-state index in [2.05, 4.69) is 11.3 Å². The van der Waals surface area contributed by atoms with Gasteiger partial charge in [0.2, 0.25) is 0 Å². The molecular formula is C11H17F3O2. The van der Waals surface area contributed by atoms with Crippen molar-refractivity contribution in [2.24, 2.45) is 5.41 Å². The number of carbonyl (C=O) groups excluding carboxylic acids is 1. The normalized spacial score (nSPS) is 15.4. The summed E-state index contributed by atoms with van der Waals surface area (Å²) in [5.74, 6) is -0.824. The van der Waals surface area contributed by atoms with Crippen LogP contribution in [-0.2, 0) is 9.53 Å². The summed E-state index contributed by atoms with van der Waals surface area (Å²) in [6.07, 6.45) is -5.60. The van der Waals surface area contributed by atoms with Crippen molar-refractivity contribution < 1.29 is 22.7 Å². The van der Waals surface area contributed by atoms with Crippen molar-refractivity contribution in [2.45, 2.75) is 39.8 Å². The van der Waals surface area contributed by atoms with Crippen LogP contribution in [0.2, 0.25) is 0 Å². The van der Waals surface area contributed by atoms with Crippen molar-refractivity contribution in [1.29, 1.82) is 0 Å². The lowest BCUT2D eigenvalue weighted by Crippen LogP contribution is -2.35. The van der Waals surface area contributed by atoms with Crippen LogP contribution < -0.4 is 0 Å². The second-order valence-corrected chi connectivity index (χ2v) is 4.21. The molecule has 0 saturated carbocycles. The zero-order valence-electron chi connectivity index (χ0n) is 9.78. The van der Waals surface area contributed by atoms with E-state index >= 15 is 0 Å². The molecule has 0 heterocycles. The van der Waals surface area contributed by atoms with Crippen molar-refractivity contribution in [3.8, 4) is 0 Å². The van der Waals surface area contributed by atoms with Gasteiger partial charge in [0.05, 0.1) is 18.4 Å². The van der Waals surface area contributed by atoms with Crippen LogP contribution in [0.1, 0.15) is 33.6 Å². The molecule has 0 radical (unpaired) electrons. The Morgan fingerprint density at radius 3 is 2.19 bits per heavy atom. The quantitative estimate of drug-likeness (QED) is 0.541. The van der Waals surface area contributed by atoms with Crippen molar-refractivity contribution >= 4 is 5.97 Å². The summed E-state index contributed by atoms with van der Waals surface area (Å²) in [6, 6.07) is 0. The van der Waals surface area contributed by atoms with E-state index in [-0.39, 0.29) is 13.0 Å². The molecule has 0 rings (SSSR count). The number of alkyl halides is 3. The van der Waals surface area contributed by atoms with Gasteiger partial charge in [0.25, 0.3) is 0 Å². The molecule has 1 atom stereocenters. The van der Waals surface area contributed by atoms with Crippen LogP contribution in [-0.4, -0.2) is 18.8 Å². The third-order valence-electron chi connectivity index (χ3n) is 2.05. The van der Waals surface area contributed by atoms with Crippen LogP contribution in [0.4, 0.5) is 13.2 Å². The fraction of sp³-hybridized carbons (Fsp3) is 0.727. The van der Waals surface area contributed by atoms with Crippen molar-refractivity contribution in [3.05, 3.63) is 12.2 Å². The molecule has 0 amide bonds. The maximum absolute atomic E-state index is 12.4. The maximum Gasteiger partial charge on any atom is 0.390 e. The minimum atomic E-state index is -4.39. The topological polar surface area (TPSA) is 26.3 Å². The molecule has 0 aliphatic carbocycles. The molecule has 0 N–H and O–H groups in total. The van der Waals surface area contributed by atoms with Gasteiger partial charge in [0, 0.05) is 0 Å². The zero-order chi connectivity index (χ0) is 13.0. The molecule has 0 aromatic rings. The summed E-state index contributed by atoms with van der Waals surface area (Å²) in [5.41, 5.74) is -1.04. The highest BCUT2D eigenvalue weighted by atomic mass is 19.4. The van der Waals surface area contributed by atoms with Crippen LogP contribution in [0.25, 0.3) is 0 Å². The van der Waals surface area contributed by atoms with Gasteiger partial charge in [-0.25, -0.2) is 0 Å². The second kappa shape index (κ2) is 5.37. The van der Waals surface area contributed by atoms with E-state index in [9.17, 15) is 18.0 Å². The molecule has 0 aliphatic rings. The molecule has 0 aromatic carbocycles. The first-order chi connectivity index (χ1) is 7.10. The number of halogens is 3. The molecular weight excluding hydrogens is 221 g/mol. The fourth-order valence-electron chi connectivity index (χ4n) is 1.62. The lowest BCUT2D eigenvalue weighted by atomic mass is 9.81. The number of hydrogen-bond donors (Lipinski definition) is 0. The van der Waals surface area contributed by atoms with Crippen molar-refractivity contribution in [1.82, 2.24) is 0 Å². The van der Waals surface area contributed by atoms with Gasteiger partial charge in [-0.05, 0) is 27.2 Å². The Labute approximate surface area is 93.5 Å². The first-order valence-electron chi connectivity index (χ1n) is 4.99. The van der Waals surface area contributed by atoms with Crippen LogP contribution >= 0.6 is 0 Å². The van der Waals surface area contributed by atoms with E-state index in [1.54, 1.807) is 13.8 Å². The van der Waals surface area contributed by atoms with Crippen molar-refractivity contribution in [2.75, 3.05) is 6.61 Å². The SMILES string of the molecule is C=C(C)CC(C)(CC(F)(F)F)C(=O)OCC. The van der Waals surface area contributed by atoms with E-state index < -0.39 is 24.0 Å². The van der Waals surface area contributed by atoms with Crippen LogP contribution in [0.5, 0.6) is 0 Å². The molecule has 2 nitrogen and oxygen atoms in total. The monoisotopic (exact) mass is 238 g/mol. The lowest BCUT2D eigenvalue weighted by molar-refractivity contribution is -0.180. The Hall–Kier alpha value is -1.00. The van der Waals surface area contributed by atoms with Gasteiger partial charge >= 0.3 is 12.1 Å². The zero-order valence-corrected chi connectivity index (χ0v) is 9.78. The predicted molar refractivity (Wildman–Crippen MR) is 54.8 cm³/mol. The van der Waals surface area contributed by atoms with Gasteiger partial charge in [-0.3, -0.25) is 4.79 Å². The lowest BCUT2D eigenvalue weighted by Gasteiger charge is -2.28. The Bertz CT molecular complexity index is 271. The molecule has 16 heavy (non-hydrogen) atoms. The minimum absolute atomic E-state index is 0.0225. The van der Waals surface area contributed by atoms with E-state index in [1.807, 2.05) is 0 Å². The Kier molecular flexibility index (Phi) is 5.03. The predicted octanol–water partition coefficient (Wildman–Crippen LogP) is 3.47. The number of rotatable bonds is 5. The highest BCUT2D eigenvalue weighted by molar-refractivity contribution is 5.76. The first-order valence-corrected chi connectivity index (χ1v) is 4.99. The highest BCUT2D eigenvalue weighted by Crippen LogP contribution is 2.38. The number of allylic oxidation sites excluding steroid dienone is 1. The summed E-state index contributed by atoms with van der Waals surface area (Å²) in [5, 5.41) is 0. The molecule has 0 aromatic heterocycles. The number of hydrogen-bond acceptors (Lipinski definition) is 2. The van der Waals surface area contributed by atoms with E-state index in [1.165, 1.54) is 6.92 Å². The molecule has 0 saturated heterocycles. The van der Waals surface area contributed by atoms with E-state index in [0.29, 0.717) is 5.57 Å². The second-order valence-electron chi connectivity index (χ2n) is 4.21. The first kappa shape index (κ1) is 15.0. The van der Waals surface area contributed by atoms with Gasteiger partial charge in [-0.2, -0.15) is 13.2 Å². The van der Waals surface area contributed by atoms with Gasteiger partial charge in [-0.15, -0.1) is 6.58 Å². The number of esters is 1. The van der Waals surface area contributed by atoms with E-state index in [4.69, 9.17) is 0 Å². The molecule has 0 spiro atoms. The molecule has 0 aliphatic heterocycles. The van der Waals surface area contributed by atoms with Crippen molar-refractivity contribution in [3.63, 3.8) is 0 Å². The summed E-state index contributed by atoms with van der Waals surface area (Å²) in [6.45, 7) is 8.02. The smallest absolute Gasteiger partial charge is 0.390 e. The highest BCUT2D eigenvalue weighted by Gasteiger charge is 2.45. The largest absolute Gasteiger partial charge is 0.466 e. The van der Waals surface area contributed by atoms with Gasteiger partial charge in [0.15, 0.2) is 0 Å². The standard InChI is InChI=1S/C11H17F3O2/c1-5-16-9(15)10(4,6-8(2)3)7-11(12,13)14/h2,5-7H2,1,3-4H3. The van der Waals surface area contributed by atoms with Gasteiger partial charge in [0.1, 0.15) is 0 Å². The van der Waals surface area contributed by atoms with Gasteiger partial charge in [-0.1, -0.05) is 5.57 Å². The third-order valence-corrected chi connectivity index (χ3v) is 2.05. The minimum Gasteiger partial charge on any atom is -0.466 e. The average Bonchev–Trinajstić information content (AvgIpc) is 1.98.